The van der Waals surface area contributed by atoms with Crippen LogP contribution in [0.2, 0.25) is 0 Å². The lowest BCUT2D eigenvalue weighted by atomic mass is 10.2. The summed E-state index contributed by atoms with van der Waals surface area (Å²) in [5, 5.41) is 9.41. The first-order valence-corrected chi connectivity index (χ1v) is 7.58. The number of hydrogen-bond donors (Lipinski definition) is 2. The van der Waals surface area contributed by atoms with Crippen molar-refractivity contribution < 1.29 is 13.2 Å². The van der Waals surface area contributed by atoms with Crippen LogP contribution < -0.4 is 10.6 Å². The van der Waals surface area contributed by atoms with Crippen molar-refractivity contribution >= 4 is 29.0 Å². The monoisotopic (exact) mass is 363 g/mol. The number of aromatic nitrogens is 3. The summed E-state index contributed by atoms with van der Waals surface area (Å²) in [6.07, 6.45) is 1.41. The van der Waals surface area contributed by atoms with E-state index in [0.29, 0.717) is 5.56 Å². The van der Waals surface area contributed by atoms with E-state index < -0.39 is 11.6 Å². The molecule has 0 radical (unpaired) electrons. The molecule has 25 heavy (non-hydrogen) atoms. The lowest BCUT2D eigenvalue weighted by molar-refractivity contribution is 0.585. The molecule has 0 saturated carbocycles. The fourth-order valence-electron chi connectivity index (χ4n) is 2.08. The summed E-state index contributed by atoms with van der Waals surface area (Å²) in [5.41, 5.74) is 0.484. The maximum absolute atomic E-state index is 13.6. The minimum atomic E-state index is -0.776. The van der Waals surface area contributed by atoms with Gasteiger partial charge in [0.1, 0.15) is 23.8 Å². The molecule has 0 amide bonds. The third-order valence-corrected chi connectivity index (χ3v) is 3.44. The van der Waals surface area contributed by atoms with Crippen molar-refractivity contribution in [1.29, 1.82) is 0 Å². The topological polar surface area (TPSA) is 54.8 Å². The van der Waals surface area contributed by atoms with Crippen molar-refractivity contribution in [1.82, 2.24) is 14.8 Å². The predicted molar refractivity (Wildman–Crippen MR) is 91.7 cm³/mol. The van der Waals surface area contributed by atoms with Crippen LogP contribution in [0.1, 0.15) is 5.56 Å². The van der Waals surface area contributed by atoms with Gasteiger partial charge in [0.2, 0.25) is 5.95 Å². The maximum atomic E-state index is 13.6. The first-order chi connectivity index (χ1) is 12.0. The average molecular weight is 363 g/mol. The van der Waals surface area contributed by atoms with Crippen LogP contribution in [0.15, 0.2) is 48.8 Å². The van der Waals surface area contributed by atoms with Crippen LogP contribution in [0.5, 0.6) is 0 Å². The lowest BCUT2D eigenvalue weighted by Gasteiger charge is -2.08. The first-order valence-electron chi connectivity index (χ1n) is 7.17. The summed E-state index contributed by atoms with van der Waals surface area (Å²) in [4.78, 5) is 4.00. The van der Waals surface area contributed by atoms with E-state index in [1.807, 2.05) is 0 Å². The third-order valence-electron chi connectivity index (χ3n) is 3.23. The Morgan fingerprint density at radius 2 is 1.84 bits per heavy atom. The molecule has 3 rings (SSSR count). The Morgan fingerprint density at radius 1 is 1.04 bits per heavy atom. The van der Waals surface area contributed by atoms with Gasteiger partial charge in [0.25, 0.3) is 0 Å². The molecular weight excluding hydrogens is 351 g/mol. The van der Waals surface area contributed by atoms with Gasteiger partial charge in [0.05, 0.1) is 12.2 Å². The molecule has 0 aliphatic rings. The van der Waals surface area contributed by atoms with Gasteiger partial charge in [0, 0.05) is 11.6 Å². The van der Waals surface area contributed by atoms with Crippen molar-refractivity contribution in [3.05, 3.63) is 71.8 Å². The van der Waals surface area contributed by atoms with Gasteiger partial charge in [-0.05, 0) is 30.4 Å². The van der Waals surface area contributed by atoms with Gasteiger partial charge in [-0.15, -0.1) is 5.10 Å². The van der Waals surface area contributed by atoms with E-state index >= 15 is 0 Å². The zero-order valence-corrected chi connectivity index (χ0v) is 13.5. The SMILES string of the molecule is Fc1ccc(NC(=S)Nc2ncn(Cc3ccccc3F)n2)c(F)c1. The van der Waals surface area contributed by atoms with Crippen LogP contribution in [0.3, 0.4) is 0 Å². The van der Waals surface area contributed by atoms with Gasteiger partial charge in [-0.2, -0.15) is 0 Å². The number of benzene rings is 2. The summed E-state index contributed by atoms with van der Waals surface area (Å²) >= 11 is 5.04. The molecule has 0 spiro atoms. The zero-order valence-electron chi connectivity index (χ0n) is 12.7. The fraction of sp³-hybridized carbons (Fsp3) is 0.0625. The Bertz CT molecular complexity index is 912. The second-order valence-corrected chi connectivity index (χ2v) is 5.47. The molecular formula is C16H12F3N5S. The Hall–Kier alpha value is -2.94. The second-order valence-electron chi connectivity index (χ2n) is 5.06. The highest BCUT2D eigenvalue weighted by Crippen LogP contribution is 2.15. The quantitative estimate of drug-likeness (QED) is 0.695. The first kappa shape index (κ1) is 16.9. The van der Waals surface area contributed by atoms with Crippen LogP contribution >= 0.6 is 12.2 Å². The molecule has 5 nitrogen and oxygen atoms in total. The van der Waals surface area contributed by atoms with Crippen molar-refractivity contribution in [3.63, 3.8) is 0 Å². The van der Waals surface area contributed by atoms with Gasteiger partial charge in [-0.25, -0.2) is 22.8 Å². The molecule has 0 fully saturated rings. The van der Waals surface area contributed by atoms with Crippen molar-refractivity contribution in [2.24, 2.45) is 0 Å². The van der Waals surface area contributed by atoms with Crippen LogP contribution in [-0.2, 0) is 6.54 Å². The van der Waals surface area contributed by atoms with Crippen LogP contribution in [0, 0.1) is 17.5 Å². The molecule has 0 saturated heterocycles. The van der Waals surface area contributed by atoms with Gasteiger partial charge in [-0.3, -0.25) is 5.32 Å². The molecule has 0 aliphatic heterocycles. The van der Waals surface area contributed by atoms with Crippen LogP contribution in [0.4, 0.5) is 24.8 Å². The minimum absolute atomic E-state index is 0.0182. The maximum Gasteiger partial charge on any atom is 0.248 e. The molecule has 1 aromatic heterocycles. The Labute approximate surface area is 146 Å². The van der Waals surface area contributed by atoms with Gasteiger partial charge in [-0.1, -0.05) is 18.2 Å². The van der Waals surface area contributed by atoms with E-state index in [4.69, 9.17) is 12.2 Å². The van der Waals surface area contributed by atoms with E-state index in [1.54, 1.807) is 18.2 Å². The summed E-state index contributed by atoms with van der Waals surface area (Å²) in [7, 11) is 0. The summed E-state index contributed by atoms with van der Waals surface area (Å²) in [6, 6.07) is 9.41. The Balaban J connectivity index is 1.63. The number of halogens is 3. The highest BCUT2D eigenvalue weighted by atomic mass is 32.1. The van der Waals surface area contributed by atoms with Crippen LogP contribution in [0.25, 0.3) is 0 Å². The smallest absolute Gasteiger partial charge is 0.248 e. The van der Waals surface area contributed by atoms with E-state index in [1.165, 1.54) is 23.1 Å². The number of thiocarbonyl (C=S) groups is 1. The molecule has 0 unspecified atom stereocenters. The highest BCUT2D eigenvalue weighted by Gasteiger charge is 2.09. The Kier molecular flexibility index (Phi) is 4.94. The summed E-state index contributed by atoms with van der Waals surface area (Å²) in [5.74, 6) is -1.63. The largest absolute Gasteiger partial charge is 0.330 e. The van der Waals surface area contributed by atoms with E-state index in [-0.39, 0.29) is 29.1 Å². The van der Waals surface area contributed by atoms with Crippen molar-refractivity contribution in [2.45, 2.75) is 6.54 Å². The second kappa shape index (κ2) is 7.31. The normalized spacial score (nSPS) is 10.5. The molecule has 9 heteroatoms. The standard InChI is InChI=1S/C16H12F3N5S/c17-11-5-6-14(13(19)7-11)21-16(25)22-15-20-9-24(23-15)8-10-3-1-2-4-12(10)18/h1-7,9H,8H2,(H2,21,22,23,25). The zero-order chi connectivity index (χ0) is 17.8. The number of hydrogen-bond acceptors (Lipinski definition) is 3. The molecule has 0 atom stereocenters. The number of nitrogens with zero attached hydrogens (tertiary/aromatic N) is 3. The van der Waals surface area contributed by atoms with Gasteiger partial charge >= 0.3 is 0 Å². The average Bonchev–Trinajstić information content (AvgIpc) is 2.99. The molecule has 0 bridgehead atoms. The molecule has 128 valence electrons. The molecule has 0 aliphatic carbocycles. The fourth-order valence-corrected chi connectivity index (χ4v) is 2.28. The molecule has 1 heterocycles. The molecule has 3 aromatic rings. The highest BCUT2D eigenvalue weighted by molar-refractivity contribution is 7.80. The predicted octanol–water partition coefficient (Wildman–Crippen LogP) is 3.55. The van der Waals surface area contributed by atoms with E-state index in [9.17, 15) is 13.2 Å². The van der Waals surface area contributed by atoms with Gasteiger partial charge < -0.3 is 5.32 Å². The van der Waals surface area contributed by atoms with Crippen molar-refractivity contribution in [3.8, 4) is 0 Å². The number of anilines is 2. The van der Waals surface area contributed by atoms with Gasteiger partial charge in [0.15, 0.2) is 5.11 Å². The van der Waals surface area contributed by atoms with Crippen molar-refractivity contribution in [2.75, 3.05) is 10.6 Å². The number of nitrogens with one attached hydrogen (secondary N) is 2. The molecule has 2 N–H and O–H groups in total. The minimum Gasteiger partial charge on any atom is -0.330 e. The van der Waals surface area contributed by atoms with E-state index in [0.717, 1.165) is 12.1 Å². The Morgan fingerprint density at radius 3 is 2.60 bits per heavy atom. The summed E-state index contributed by atoms with van der Waals surface area (Å²) < 4.78 is 41.5. The summed E-state index contributed by atoms with van der Waals surface area (Å²) in [6.45, 7) is 0.203. The molecule has 2 aromatic carbocycles. The van der Waals surface area contributed by atoms with E-state index in [2.05, 4.69) is 20.7 Å². The lowest BCUT2D eigenvalue weighted by Crippen LogP contribution is -2.20. The van der Waals surface area contributed by atoms with Crippen LogP contribution in [-0.4, -0.2) is 19.9 Å². The number of rotatable bonds is 4. The third kappa shape index (κ3) is 4.32.